The van der Waals surface area contributed by atoms with Crippen LogP contribution in [0.25, 0.3) is 10.6 Å². The van der Waals surface area contributed by atoms with Gasteiger partial charge in [-0.15, -0.1) is 11.3 Å². The molecule has 0 saturated carbocycles. The van der Waals surface area contributed by atoms with Crippen LogP contribution in [0.1, 0.15) is 28.9 Å². The molecule has 168 valence electrons. The van der Waals surface area contributed by atoms with E-state index in [0.29, 0.717) is 30.3 Å². The van der Waals surface area contributed by atoms with Gasteiger partial charge >= 0.3 is 0 Å². The summed E-state index contributed by atoms with van der Waals surface area (Å²) in [5, 5.41) is 5.40. The maximum absolute atomic E-state index is 12.6. The number of nitrogens with zero attached hydrogens (tertiary/aromatic N) is 1. The Balaban J connectivity index is 1.37. The van der Waals surface area contributed by atoms with Crippen molar-refractivity contribution >= 4 is 17.2 Å². The van der Waals surface area contributed by atoms with Crippen molar-refractivity contribution in [2.24, 2.45) is 0 Å². The third kappa shape index (κ3) is 5.20. The molecule has 2 heterocycles. The van der Waals surface area contributed by atoms with Crippen molar-refractivity contribution in [1.29, 1.82) is 0 Å². The molecular weight excluding hydrogens is 428 g/mol. The van der Waals surface area contributed by atoms with Crippen LogP contribution in [0.4, 0.5) is 0 Å². The van der Waals surface area contributed by atoms with Crippen LogP contribution in [0, 0.1) is 0 Å². The number of ether oxygens (including phenoxy) is 4. The number of para-hydroxylation sites is 1. The van der Waals surface area contributed by atoms with E-state index < -0.39 is 0 Å². The average molecular weight is 455 g/mol. The minimum Gasteiger partial charge on any atom is -0.496 e. The summed E-state index contributed by atoms with van der Waals surface area (Å²) in [7, 11) is 3.22. The second kappa shape index (κ2) is 10.5. The first-order chi connectivity index (χ1) is 15.7. The smallest absolute Gasteiger partial charge is 0.271 e. The van der Waals surface area contributed by atoms with Gasteiger partial charge in [0, 0.05) is 18.5 Å². The minimum absolute atomic E-state index is 0.137. The predicted octanol–water partition coefficient (Wildman–Crippen LogP) is 4.32. The van der Waals surface area contributed by atoms with E-state index in [9.17, 15) is 4.79 Å². The molecule has 7 nitrogen and oxygen atoms in total. The molecule has 0 bridgehead atoms. The molecule has 0 aliphatic carbocycles. The Morgan fingerprint density at radius 2 is 2.00 bits per heavy atom. The van der Waals surface area contributed by atoms with Gasteiger partial charge < -0.3 is 24.3 Å². The maximum Gasteiger partial charge on any atom is 0.271 e. The molecule has 1 unspecified atom stereocenters. The van der Waals surface area contributed by atoms with Gasteiger partial charge in [0.15, 0.2) is 11.5 Å². The van der Waals surface area contributed by atoms with Crippen molar-refractivity contribution in [3.05, 3.63) is 59.1 Å². The van der Waals surface area contributed by atoms with Crippen molar-refractivity contribution in [2.75, 3.05) is 27.4 Å². The van der Waals surface area contributed by atoms with Crippen LogP contribution < -0.4 is 19.5 Å². The lowest BCUT2D eigenvalue weighted by atomic mass is 10.2. The largest absolute Gasteiger partial charge is 0.496 e. The lowest BCUT2D eigenvalue weighted by Gasteiger charge is -2.15. The van der Waals surface area contributed by atoms with Gasteiger partial charge in [-0.1, -0.05) is 18.2 Å². The number of aromatic nitrogens is 1. The van der Waals surface area contributed by atoms with Crippen molar-refractivity contribution < 1.29 is 23.7 Å². The Bertz CT molecular complexity index is 1060. The number of thiazole rings is 1. The highest BCUT2D eigenvalue weighted by Gasteiger charge is 2.18. The summed E-state index contributed by atoms with van der Waals surface area (Å²) >= 11 is 1.41. The zero-order valence-electron chi connectivity index (χ0n) is 18.1. The van der Waals surface area contributed by atoms with E-state index in [1.165, 1.54) is 11.3 Å². The summed E-state index contributed by atoms with van der Waals surface area (Å²) in [6.45, 7) is 1.65. The number of carbonyl (C=O) groups is 1. The van der Waals surface area contributed by atoms with Gasteiger partial charge in [-0.3, -0.25) is 4.79 Å². The summed E-state index contributed by atoms with van der Waals surface area (Å²) in [6.07, 6.45) is 2.22. The highest BCUT2D eigenvalue weighted by molar-refractivity contribution is 7.13. The molecule has 1 aromatic heterocycles. The van der Waals surface area contributed by atoms with E-state index in [2.05, 4.69) is 10.3 Å². The van der Waals surface area contributed by atoms with E-state index >= 15 is 0 Å². The molecule has 8 heteroatoms. The zero-order chi connectivity index (χ0) is 22.3. The van der Waals surface area contributed by atoms with Crippen LogP contribution in [0.5, 0.6) is 17.2 Å². The molecule has 1 saturated heterocycles. The molecular formula is C24H26N2O5S. The third-order valence-corrected chi connectivity index (χ3v) is 6.08. The summed E-state index contributed by atoms with van der Waals surface area (Å²) in [5.74, 6) is 1.78. The Hall–Kier alpha value is -3.10. The first-order valence-corrected chi connectivity index (χ1v) is 11.3. The Labute approximate surface area is 191 Å². The van der Waals surface area contributed by atoms with Crippen molar-refractivity contribution in [2.45, 2.75) is 25.5 Å². The van der Waals surface area contributed by atoms with Gasteiger partial charge in [0.1, 0.15) is 23.1 Å². The van der Waals surface area contributed by atoms with Gasteiger partial charge in [0.2, 0.25) is 0 Å². The monoisotopic (exact) mass is 454 g/mol. The third-order valence-electron chi connectivity index (χ3n) is 5.20. The number of carbonyl (C=O) groups excluding carboxylic acids is 1. The summed E-state index contributed by atoms with van der Waals surface area (Å²) in [4.78, 5) is 17.1. The van der Waals surface area contributed by atoms with Gasteiger partial charge in [0.05, 0.1) is 25.9 Å². The van der Waals surface area contributed by atoms with E-state index in [1.54, 1.807) is 19.6 Å². The fraction of sp³-hybridized carbons (Fsp3) is 0.333. The number of amides is 1. The van der Waals surface area contributed by atoms with Crippen LogP contribution in [0.15, 0.2) is 47.8 Å². The second-order valence-corrected chi connectivity index (χ2v) is 8.21. The van der Waals surface area contributed by atoms with Crippen LogP contribution >= 0.6 is 11.3 Å². The van der Waals surface area contributed by atoms with Gasteiger partial charge in [-0.05, 0) is 42.7 Å². The van der Waals surface area contributed by atoms with E-state index in [0.717, 1.165) is 41.3 Å². The standard InChI is InChI=1S/C24H26N2O5S/c1-28-20-8-4-3-7-18(20)24-26-19(15-32-24)23(27)25-13-16-9-10-21(22(12-16)29-2)31-14-17-6-5-11-30-17/h3-4,7-10,12,15,17H,5-6,11,13-14H2,1-2H3,(H,25,27). The van der Waals surface area contributed by atoms with Crippen LogP contribution in [0.2, 0.25) is 0 Å². The van der Waals surface area contributed by atoms with E-state index in [1.807, 2.05) is 42.5 Å². The minimum atomic E-state index is -0.236. The fourth-order valence-corrected chi connectivity index (χ4v) is 4.33. The van der Waals surface area contributed by atoms with Gasteiger partial charge in [-0.2, -0.15) is 0 Å². The quantitative estimate of drug-likeness (QED) is 0.519. The van der Waals surface area contributed by atoms with E-state index in [-0.39, 0.29) is 12.0 Å². The molecule has 1 aliphatic heterocycles. The molecule has 1 N–H and O–H groups in total. The van der Waals surface area contributed by atoms with Gasteiger partial charge in [-0.25, -0.2) is 4.98 Å². The Morgan fingerprint density at radius 3 is 2.78 bits per heavy atom. The van der Waals surface area contributed by atoms with Gasteiger partial charge in [0.25, 0.3) is 5.91 Å². The number of rotatable bonds is 9. The van der Waals surface area contributed by atoms with E-state index in [4.69, 9.17) is 18.9 Å². The molecule has 1 aliphatic rings. The number of nitrogens with one attached hydrogen (secondary N) is 1. The van der Waals surface area contributed by atoms with Crippen molar-refractivity contribution in [3.8, 4) is 27.8 Å². The summed E-state index contributed by atoms with van der Waals surface area (Å²) in [5.41, 5.74) is 2.14. The Morgan fingerprint density at radius 1 is 1.16 bits per heavy atom. The van der Waals surface area contributed by atoms with Crippen molar-refractivity contribution in [3.63, 3.8) is 0 Å². The molecule has 4 rings (SSSR count). The van der Waals surface area contributed by atoms with Crippen LogP contribution in [0.3, 0.4) is 0 Å². The molecule has 1 amide bonds. The highest BCUT2D eigenvalue weighted by Crippen LogP contribution is 2.32. The first kappa shape index (κ1) is 22.1. The summed E-state index contributed by atoms with van der Waals surface area (Å²) < 4.78 is 22.3. The Kier molecular flexibility index (Phi) is 7.24. The van der Waals surface area contributed by atoms with Crippen LogP contribution in [-0.2, 0) is 11.3 Å². The molecule has 1 fully saturated rings. The molecule has 1 atom stereocenters. The second-order valence-electron chi connectivity index (χ2n) is 7.35. The topological polar surface area (TPSA) is 78.9 Å². The first-order valence-electron chi connectivity index (χ1n) is 10.5. The maximum atomic E-state index is 12.6. The number of methoxy groups -OCH3 is 2. The van der Waals surface area contributed by atoms with Crippen molar-refractivity contribution in [1.82, 2.24) is 10.3 Å². The SMILES string of the molecule is COc1cc(CNC(=O)c2csc(-c3ccccc3OC)n2)ccc1OCC1CCCO1. The molecule has 32 heavy (non-hydrogen) atoms. The number of hydrogen-bond acceptors (Lipinski definition) is 7. The molecule has 0 radical (unpaired) electrons. The highest BCUT2D eigenvalue weighted by atomic mass is 32.1. The molecule has 0 spiro atoms. The number of benzene rings is 2. The zero-order valence-corrected chi connectivity index (χ0v) is 18.9. The predicted molar refractivity (Wildman–Crippen MR) is 123 cm³/mol. The fourth-order valence-electron chi connectivity index (χ4n) is 3.50. The normalized spacial score (nSPS) is 15.4. The van der Waals surface area contributed by atoms with Crippen LogP contribution in [-0.4, -0.2) is 44.4 Å². The lowest BCUT2D eigenvalue weighted by molar-refractivity contribution is 0.0669. The average Bonchev–Trinajstić information content (AvgIpc) is 3.54. The number of hydrogen-bond donors (Lipinski definition) is 1. The molecule has 2 aromatic carbocycles. The molecule has 3 aromatic rings. The lowest BCUT2D eigenvalue weighted by Crippen LogP contribution is -2.23. The summed E-state index contributed by atoms with van der Waals surface area (Å²) in [6, 6.07) is 13.3.